The SMILES string of the molecule is Cc1n[nH]c(C)c1CCC(=O)NC(CO)c1ccccc1. The fraction of sp³-hybridized carbons (Fsp3) is 0.375. The Kier molecular flexibility index (Phi) is 5.11. The Morgan fingerprint density at radius 3 is 2.62 bits per heavy atom. The average molecular weight is 287 g/mol. The Hall–Kier alpha value is -2.14. The molecule has 0 aliphatic rings. The van der Waals surface area contributed by atoms with E-state index in [-0.39, 0.29) is 18.6 Å². The highest BCUT2D eigenvalue weighted by Gasteiger charge is 2.14. The van der Waals surface area contributed by atoms with Crippen molar-refractivity contribution in [2.45, 2.75) is 32.7 Å². The molecule has 5 nitrogen and oxygen atoms in total. The summed E-state index contributed by atoms with van der Waals surface area (Å²) in [6, 6.07) is 9.12. The van der Waals surface area contributed by atoms with Gasteiger partial charge in [-0.25, -0.2) is 0 Å². The van der Waals surface area contributed by atoms with E-state index in [0.717, 1.165) is 22.5 Å². The number of aliphatic hydroxyl groups is 1. The summed E-state index contributed by atoms with van der Waals surface area (Å²) >= 11 is 0. The van der Waals surface area contributed by atoms with Crippen LogP contribution in [0.4, 0.5) is 0 Å². The van der Waals surface area contributed by atoms with Gasteiger partial charge in [0.05, 0.1) is 18.3 Å². The number of nitrogens with zero attached hydrogens (tertiary/aromatic N) is 1. The number of rotatable bonds is 6. The summed E-state index contributed by atoms with van der Waals surface area (Å²) in [7, 11) is 0. The number of hydrogen-bond donors (Lipinski definition) is 3. The van der Waals surface area contributed by atoms with E-state index in [1.54, 1.807) is 0 Å². The third-order valence-electron chi connectivity index (χ3n) is 3.60. The van der Waals surface area contributed by atoms with Gasteiger partial charge >= 0.3 is 0 Å². The molecule has 0 spiro atoms. The first-order chi connectivity index (χ1) is 10.1. The number of amides is 1. The first-order valence-electron chi connectivity index (χ1n) is 7.07. The summed E-state index contributed by atoms with van der Waals surface area (Å²) in [5.74, 6) is -0.0714. The minimum Gasteiger partial charge on any atom is -0.394 e. The number of carbonyl (C=O) groups excluding carboxylic acids is 1. The third-order valence-corrected chi connectivity index (χ3v) is 3.60. The Morgan fingerprint density at radius 1 is 1.33 bits per heavy atom. The van der Waals surface area contributed by atoms with Gasteiger partial charge in [-0.2, -0.15) is 5.10 Å². The van der Waals surface area contributed by atoms with E-state index in [1.165, 1.54) is 0 Å². The largest absolute Gasteiger partial charge is 0.394 e. The number of aliphatic hydroxyl groups excluding tert-OH is 1. The summed E-state index contributed by atoms with van der Waals surface area (Å²) in [4.78, 5) is 12.1. The van der Waals surface area contributed by atoms with Gasteiger partial charge in [0.15, 0.2) is 0 Å². The quantitative estimate of drug-likeness (QED) is 0.758. The van der Waals surface area contributed by atoms with Crippen molar-refractivity contribution >= 4 is 5.91 Å². The van der Waals surface area contributed by atoms with Crippen molar-refractivity contribution in [3.8, 4) is 0 Å². The zero-order valence-corrected chi connectivity index (χ0v) is 12.4. The van der Waals surface area contributed by atoms with Gasteiger partial charge in [-0.05, 0) is 31.4 Å². The Morgan fingerprint density at radius 2 is 2.05 bits per heavy atom. The maximum absolute atomic E-state index is 12.1. The second-order valence-corrected chi connectivity index (χ2v) is 5.13. The molecule has 1 aromatic heterocycles. The number of benzene rings is 1. The number of H-pyrrole nitrogens is 1. The van der Waals surface area contributed by atoms with Gasteiger partial charge in [0.25, 0.3) is 0 Å². The second-order valence-electron chi connectivity index (χ2n) is 5.13. The fourth-order valence-electron chi connectivity index (χ4n) is 2.37. The van der Waals surface area contributed by atoms with Crippen molar-refractivity contribution in [2.75, 3.05) is 6.61 Å². The van der Waals surface area contributed by atoms with E-state index in [2.05, 4.69) is 15.5 Å². The number of aryl methyl sites for hydroxylation is 2. The van der Waals surface area contributed by atoms with Gasteiger partial charge in [-0.3, -0.25) is 9.89 Å². The maximum atomic E-state index is 12.1. The van der Waals surface area contributed by atoms with Crippen LogP contribution in [-0.4, -0.2) is 27.8 Å². The zero-order valence-electron chi connectivity index (χ0n) is 12.4. The molecule has 3 N–H and O–H groups in total. The lowest BCUT2D eigenvalue weighted by atomic mass is 10.1. The summed E-state index contributed by atoms with van der Waals surface area (Å²) in [5.41, 5.74) is 3.93. The topological polar surface area (TPSA) is 78.0 Å². The summed E-state index contributed by atoms with van der Waals surface area (Å²) in [6.07, 6.45) is 1.03. The van der Waals surface area contributed by atoms with Crippen LogP contribution in [0.15, 0.2) is 30.3 Å². The Labute approximate surface area is 124 Å². The van der Waals surface area contributed by atoms with E-state index in [9.17, 15) is 9.90 Å². The zero-order chi connectivity index (χ0) is 15.2. The lowest BCUT2D eigenvalue weighted by molar-refractivity contribution is -0.122. The molecule has 1 heterocycles. The molecular weight excluding hydrogens is 266 g/mol. The molecule has 112 valence electrons. The van der Waals surface area contributed by atoms with E-state index in [0.29, 0.717) is 12.8 Å². The first-order valence-corrected chi connectivity index (χ1v) is 7.07. The number of carbonyl (C=O) groups is 1. The summed E-state index contributed by atoms with van der Waals surface area (Å²) in [5, 5.41) is 19.3. The third kappa shape index (κ3) is 3.92. The molecule has 0 saturated carbocycles. The van der Waals surface area contributed by atoms with Crippen LogP contribution in [-0.2, 0) is 11.2 Å². The molecule has 0 aliphatic carbocycles. The molecule has 21 heavy (non-hydrogen) atoms. The molecule has 0 bridgehead atoms. The van der Waals surface area contributed by atoms with Gasteiger partial charge in [0.2, 0.25) is 5.91 Å². The minimum absolute atomic E-state index is 0.0714. The van der Waals surface area contributed by atoms with Crippen LogP contribution < -0.4 is 5.32 Å². The predicted octanol–water partition coefficient (Wildman–Crippen LogP) is 1.81. The standard InChI is InChI=1S/C16H21N3O2/c1-11-14(12(2)19-18-11)8-9-16(21)17-15(10-20)13-6-4-3-5-7-13/h3-7,15,20H,8-10H2,1-2H3,(H,17,21)(H,18,19). The highest BCUT2D eigenvalue weighted by atomic mass is 16.3. The molecule has 1 amide bonds. The van der Waals surface area contributed by atoms with Crippen molar-refractivity contribution in [2.24, 2.45) is 0 Å². The second kappa shape index (κ2) is 7.04. The summed E-state index contributed by atoms with van der Waals surface area (Å²) in [6.45, 7) is 3.77. The van der Waals surface area contributed by atoms with Crippen LogP contribution in [0.2, 0.25) is 0 Å². The van der Waals surface area contributed by atoms with Gasteiger partial charge in [-0.15, -0.1) is 0 Å². The summed E-state index contributed by atoms with van der Waals surface area (Å²) < 4.78 is 0. The monoisotopic (exact) mass is 287 g/mol. The first kappa shape index (κ1) is 15.3. The lowest BCUT2D eigenvalue weighted by Gasteiger charge is -2.16. The van der Waals surface area contributed by atoms with Crippen LogP contribution in [0, 0.1) is 13.8 Å². The fourth-order valence-corrected chi connectivity index (χ4v) is 2.37. The molecule has 2 aromatic rings. The lowest BCUT2D eigenvalue weighted by Crippen LogP contribution is -2.30. The smallest absolute Gasteiger partial charge is 0.220 e. The van der Waals surface area contributed by atoms with Crippen LogP contribution in [0.25, 0.3) is 0 Å². The molecule has 0 saturated heterocycles. The number of hydrogen-bond acceptors (Lipinski definition) is 3. The molecule has 1 unspecified atom stereocenters. The van der Waals surface area contributed by atoms with E-state index < -0.39 is 0 Å². The van der Waals surface area contributed by atoms with Crippen molar-refractivity contribution in [3.05, 3.63) is 52.8 Å². The molecule has 0 aliphatic heterocycles. The number of aromatic amines is 1. The van der Waals surface area contributed by atoms with E-state index in [4.69, 9.17) is 0 Å². The Bertz CT molecular complexity index is 573. The molecule has 0 radical (unpaired) electrons. The molecule has 0 fully saturated rings. The Balaban J connectivity index is 1.92. The van der Waals surface area contributed by atoms with E-state index in [1.807, 2.05) is 44.2 Å². The molecular formula is C16H21N3O2. The van der Waals surface area contributed by atoms with Crippen LogP contribution >= 0.6 is 0 Å². The van der Waals surface area contributed by atoms with Gasteiger partial charge in [0.1, 0.15) is 0 Å². The highest BCUT2D eigenvalue weighted by Crippen LogP contribution is 2.14. The van der Waals surface area contributed by atoms with E-state index >= 15 is 0 Å². The maximum Gasteiger partial charge on any atom is 0.220 e. The van der Waals surface area contributed by atoms with Crippen molar-refractivity contribution in [3.63, 3.8) is 0 Å². The van der Waals surface area contributed by atoms with Crippen LogP contribution in [0.3, 0.4) is 0 Å². The van der Waals surface area contributed by atoms with Crippen LogP contribution in [0.1, 0.15) is 35.0 Å². The van der Waals surface area contributed by atoms with Crippen LogP contribution in [0.5, 0.6) is 0 Å². The normalized spacial score (nSPS) is 12.1. The minimum atomic E-state index is -0.356. The van der Waals surface area contributed by atoms with Gasteiger partial charge in [0, 0.05) is 12.1 Å². The predicted molar refractivity (Wildman–Crippen MR) is 80.8 cm³/mol. The van der Waals surface area contributed by atoms with Crippen molar-refractivity contribution in [1.82, 2.24) is 15.5 Å². The van der Waals surface area contributed by atoms with Gasteiger partial charge < -0.3 is 10.4 Å². The number of nitrogens with one attached hydrogen (secondary N) is 2. The molecule has 2 rings (SSSR count). The molecule has 1 aromatic carbocycles. The van der Waals surface area contributed by atoms with Gasteiger partial charge in [-0.1, -0.05) is 30.3 Å². The highest BCUT2D eigenvalue weighted by molar-refractivity contribution is 5.76. The average Bonchev–Trinajstić information content (AvgIpc) is 2.82. The molecule has 5 heteroatoms. The van der Waals surface area contributed by atoms with Crippen molar-refractivity contribution in [1.29, 1.82) is 0 Å². The number of aromatic nitrogens is 2. The molecule has 1 atom stereocenters. The van der Waals surface area contributed by atoms with Crippen molar-refractivity contribution < 1.29 is 9.90 Å².